The summed E-state index contributed by atoms with van der Waals surface area (Å²) in [6.45, 7) is 12.7. The van der Waals surface area contributed by atoms with E-state index in [2.05, 4.69) is 60.1 Å². The lowest BCUT2D eigenvalue weighted by molar-refractivity contribution is -0.131. The van der Waals surface area contributed by atoms with Gasteiger partial charge in [0.1, 0.15) is 11.2 Å². The number of hydrogen-bond donors (Lipinski definition) is 2. The summed E-state index contributed by atoms with van der Waals surface area (Å²) < 4.78 is 51.7. The van der Waals surface area contributed by atoms with Crippen molar-refractivity contribution >= 4 is 23.1 Å². The number of halogens is 3. The Morgan fingerprint density at radius 3 is 2.34 bits per heavy atom. The standard InChI is InChI=1S/C36H50F3N7O4/c1-35(2,3)50-34(48)45-22-29(23-45)49-19-18-43-14-16-44(17-15-43)21-25-4-6-26(7-5-25)31-24-46(27-8-10-28(47)11-9-27)32-30(31)20-41-33(42-32)40-13-12-36(37,38)39/h4-7,20,24,27-29,47H,8-19,21-23H2,1-3H3,(H,40,41,42)/t27-,28-. The highest BCUT2D eigenvalue weighted by molar-refractivity contribution is 5.94. The summed E-state index contributed by atoms with van der Waals surface area (Å²) in [5, 5.41) is 13.7. The summed E-state index contributed by atoms with van der Waals surface area (Å²) >= 11 is 0. The van der Waals surface area contributed by atoms with Crippen molar-refractivity contribution in [1.29, 1.82) is 0 Å². The number of benzene rings is 1. The van der Waals surface area contributed by atoms with E-state index in [4.69, 9.17) is 9.47 Å². The number of alkyl halides is 3. The summed E-state index contributed by atoms with van der Waals surface area (Å²) in [6, 6.07) is 8.69. The smallest absolute Gasteiger partial charge is 0.410 e. The Balaban J connectivity index is 1.00. The van der Waals surface area contributed by atoms with Crippen molar-refractivity contribution in [2.45, 2.75) is 89.4 Å². The minimum absolute atomic E-state index is 0.0725. The number of nitrogens with zero attached hydrogens (tertiary/aromatic N) is 6. The molecule has 1 amide bonds. The van der Waals surface area contributed by atoms with Gasteiger partial charge in [0.2, 0.25) is 5.95 Å². The van der Waals surface area contributed by atoms with Crippen LogP contribution in [0.3, 0.4) is 0 Å². The highest BCUT2D eigenvalue weighted by atomic mass is 19.4. The largest absolute Gasteiger partial charge is 0.444 e. The number of aliphatic hydroxyl groups excluding tert-OH is 1. The summed E-state index contributed by atoms with van der Waals surface area (Å²) in [5.74, 6) is 0.177. The Morgan fingerprint density at radius 2 is 1.68 bits per heavy atom. The van der Waals surface area contributed by atoms with Crippen LogP contribution in [0.4, 0.5) is 23.9 Å². The number of rotatable bonds is 11. The van der Waals surface area contributed by atoms with Gasteiger partial charge in [0.25, 0.3) is 0 Å². The molecule has 50 heavy (non-hydrogen) atoms. The molecule has 6 rings (SSSR count). The van der Waals surface area contributed by atoms with Gasteiger partial charge in [-0.15, -0.1) is 0 Å². The Bertz CT molecular complexity index is 1570. The summed E-state index contributed by atoms with van der Waals surface area (Å²) in [5.41, 5.74) is 3.43. The number of ether oxygens (including phenoxy) is 2. The zero-order valence-corrected chi connectivity index (χ0v) is 29.3. The number of nitrogens with one attached hydrogen (secondary N) is 1. The lowest BCUT2D eigenvalue weighted by atomic mass is 9.93. The number of aromatic nitrogens is 3. The van der Waals surface area contributed by atoms with E-state index >= 15 is 0 Å². The number of fused-ring (bicyclic) bond motifs is 1. The number of carbonyl (C=O) groups is 1. The third-order valence-electron chi connectivity index (χ3n) is 9.72. The van der Waals surface area contributed by atoms with Crippen LogP contribution in [0.1, 0.15) is 64.5 Å². The number of aliphatic hydroxyl groups is 1. The first-order valence-electron chi connectivity index (χ1n) is 17.8. The van der Waals surface area contributed by atoms with Gasteiger partial charge in [0.05, 0.1) is 38.3 Å². The molecule has 0 bridgehead atoms. The molecule has 0 spiro atoms. The average Bonchev–Trinajstić information content (AvgIpc) is 3.41. The van der Waals surface area contributed by atoms with Crippen molar-refractivity contribution in [3.8, 4) is 11.1 Å². The van der Waals surface area contributed by atoms with Gasteiger partial charge in [-0.1, -0.05) is 24.3 Å². The monoisotopic (exact) mass is 701 g/mol. The third kappa shape index (κ3) is 9.65. The maximum Gasteiger partial charge on any atom is 0.410 e. The Kier molecular flexibility index (Phi) is 11.2. The second-order valence-corrected chi connectivity index (χ2v) is 14.8. The molecule has 1 aromatic carbocycles. The van der Waals surface area contributed by atoms with E-state index in [1.807, 2.05) is 20.8 Å². The summed E-state index contributed by atoms with van der Waals surface area (Å²) in [6.07, 6.45) is 1.08. The van der Waals surface area contributed by atoms with E-state index in [0.717, 1.165) is 68.6 Å². The first kappa shape index (κ1) is 36.3. The lowest BCUT2D eigenvalue weighted by Crippen LogP contribution is -2.56. The van der Waals surface area contributed by atoms with Crippen LogP contribution in [-0.4, -0.2) is 123 Å². The molecule has 2 saturated heterocycles. The Hall–Kier alpha value is -3.46. The number of hydrogen-bond acceptors (Lipinski definition) is 9. The first-order chi connectivity index (χ1) is 23.8. The van der Waals surface area contributed by atoms with Crippen LogP contribution in [0.5, 0.6) is 0 Å². The van der Waals surface area contributed by atoms with Crippen LogP contribution < -0.4 is 5.32 Å². The van der Waals surface area contributed by atoms with Crippen molar-refractivity contribution in [2.75, 3.05) is 64.3 Å². The SMILES string of the molecule is CC(C)(C)OC(=O)N1CC(OCCN2CCN(Cc3ccc(-c4cn([C@H]5CC[C@H](O)CC5)c5nc(NCCC(F)(F)F)ncc45)cc3)CC2)C1. The van der Waals surface area contributed by atoms with E-state index in [1.165, 1.54) is 5.56 Å². The van der Waals surface area contributed by atoms with Gasteiger partial charge < -0.3 is 29.4 Å². The molecular formula is C36H50F3N7O4. The Labute approximate surface area is 291 Å². The van der Waals surface area contributed by atoms with E-state index < -0.39 is 18.2 Å². The molecule has 2 aliphatic heterocycles. The maximum absolute atomic E-state index is 12.7. The minimum Gasteiger partial charge on any atom is -0.444 e. The van der Waals surface area contributed by atoms with Crippen LogP contribution in [0, 0.1) is 0 Å². The number of likely N-dealkylation sites (tertiary alicyclic amines) is 1. The normalized spacial score (nSPS) is 21.4. The molecule has 1 aliphatic carbocycles. The molecule has 3 aliphatic rings. The van der Waals surface area contributed by atoms with Crippen molar-refractivity contribution in [1.82, 2.24) is 29.2 Å². The fraction of sp³-hybridized carbons (Fsp3) is 0.639. The van der Waals surface area contributed by atoms with E-state index in [-0.39, 0.29) is 36.8 Å². The van der Waals surface area contributed by atoms with Crippen LogP contribution >= 0.6 is 0 Å². The maximum atomic E-state index is 12.7. The zero-order chi connectivity index (χ0) is 35.5. The van der Waals surface area contributed by atoms with Crippen LogP contribution in [0.2, 0.25) is 0 Å². The third-order valence-corrected chi connectivity index (χ3v) is 9.72. The minimum atomic E-state index is -4.25. The molecule has 0 radical (unpaired) electrons. The van der Waals surface area contributed by atoms with Gasteiger partial charge in [-0.2, -0.15) is 18.2 Å². The predicted octanol–water partition coefficient (Wildman–Crippen LogP) is 5.69. The van der Waals surface area contributed by atoms with E-state index in [9.17, 15) is 23.1 Å². The Morgan fingerprint density at radius 1 is 1.00 bits per heavy atom. The van der Waals surface area contributed by atoms with Gasteiger partial charge in [-0.25, -0.2) is 9.78 Å². The molecule has 11 nitrogen and oxygen atoms in total. The molecule has 3 aromatic rings. The molecule has 2 aromatic heterocycles. The van der Waals surface area contributed by atoms with Gasteiger partial charge in [0.15, 0.2) is 0 Å². The van der Waals surface area contributed by atoms with Crippen molar-refractivity contribution < 1.29 is 32.5 Å². The van der Waals surface area contributed by atoms with Crippen molar-refractivity contribution in [3.63, 3.8) is 0 Å². The summed E-state index contributed by atoms with van der Waals surface area (Å²) in [4.78, 5) is 27.7. The number of anilines is 1. The molecule has 3 fully saturated rings. The van der Waals surface area contributed by atoms with Crippen molar-refractivity contribution in [2.24, 2.45) is 0 Å². The zero-order valence-electron chi connectivity index (χ0n) is 29.3. The van der Waals surface area contributed by atoms with Crippen LogP contribution in [-0.2, 0) is 16.0 Å². The van der Waals surface area contributed by atoms with Crippen LogP contribution in [0.15, 0.2) is 36.7 Å². The molecule has 4 heterocycles. The molecule has 1 saturated carbocycles. The van der Waals surface area contributed by atoms with Crippen molar-refractivity contribution in [3.05, 3.63) is 42.2 Å². The van der Waals surface area contributed by atoms with Gasteiger partial charge in [-0.05, 0) is 57.6 Å². The predicted molar refractivity (Wildman–Crippen MR) is 185 cm³/mol. The number of piperazine rings is 1. The first-order valence-corrected chi connectivity index (χ1v) is 17.8. The number of amides is 1. The van der Waals surface area contributed by atoms with E-state index in [1.54, 1.807) is 11.1 Å². The molecular weight excluding hydrogens is 651 g/mol. The second kappa shape index (κ2) is 15.4. The second-order valence-electron chi connectivity index (χ2n) is 14.8. The molecule has 0 unspecified atom stereocenters. The number of carbonyl (C=O) groups excluding carboxylic acids is 1. The molecule has 274 valence electrons. The fourth-order valence-corrected chi connectivity index (χ4v) is 6.86. The fourth-order valence-electron chi connectivity index (χ4n) is 6.86. The average molecular weight is 702 g/mol. The van der Waals surface area contributed by atoms with E-state index in [0.29, 0.717) is 38.2 Å². The molecule has 2 N–H and O–H groups in total. The van der Waals surface area contributed by atoms with Gasteiger partial charge in [0, 0.05) is 75.2 Å². The lowest BCUT2D eigenvalue weighted by Gasteiger charge is -2.40. The summed E-state index contributed by atoms with van der Waals surface area (Å²) in [7, 11) is 0. The van der Waals surface area contributed by atoms with Gasteiger partial charge >= 0.3 is 12.3 Å². The molecule has 14 heteroatoms. The molecule has 0 atom stereocenters. The highest BCUT2D eigenvalue weighted by Gasteiger charge is 2.34. The quantitative estimate of drug-likeness (QED) is 0.261. The topological polar surface area (TPSA) is 108 Å². The highest BCUT2D eigenvalue weighted by Crippen LogP contribution is 2.37. The van der Waals surface area contributed by atoms with Crippen LogP contribution in [0.25, 0.3) is 22.2 Å². The van der Waals surface area contributed by atoms with Gasteiger partial charge in [-0.3, -0.25) is 9.80 Å².